The first-order chi connectivity index (χ1) is 7.94. The van der Waals surface area contributed by atoms with Gasteiger partial charge in [-0.15, -0.1) is 0 Å². The fourth-order valence-corrected chi connectivity index (χ4v) is 2.21. The second kappa shape index (κ2) is 5.69. The molecule has 0 saturated heterocycles. The lowest BCUT2D eigenvalue weighted by molar-refractivity contribution is 0.600. The molecule has 0 atom stereocenters. The zero-order chi connectivity index (χ0) is 12.9. The summed E-state index contributed by atoms with van der Waals surface area (Å²) in [6.07, 6.45) is 1.76. The summed E-state index contributed by atoms with van der Waals surface area (Å²) in [5.41, 5.74) is 2.37. The summed E-state index contributed by atoms with van der Waals surface area (Å²) < 4.78 is 21.9. The molecule has 0 unspecified atom stereocenters. The molecule has 4 nitrogen and oxygen atoms in total. The monoisotopic (exact) mass is 252 g/mol. The molecule has 17 heavy (non-hydrogen) atoms. The predicted molar refractivity (Wildman–Crippen MR) is 68.7 cm³/mol. The van der Waals surface area contributed by atoms with Gasteiger partial charge in [-0.05, 0) is 25.0 Å². The number of hydrogen-bond donors (Lipinski definition) is 1. The molecule has 92 valence electrons. The molecule has 1 aromatic carbocycles. The van der Waals surface area contributed by atoms with Crippen LogP contribution in [-0.4, -0.2) is 27.0 Å². The smallest absolute Gasteiger partial charge is 0.147 e. The molecule has 0 radical (unpaired) electrons. The number of anilines is 1. The van der Waals surface area contributed by atoms with E-state index in [1.807, 2.05) is 19.1 Å². The number of sulfone groups is 1. The number of nitriles is 1. The Labute approximate surface area is 102 Å². The number of para-hydroxylation sites is 1. The van der Waals surface area contributed by atoms with Crippen molar-refractivity contribution < 1.29 is 8.42 Å². The Morgan fingerprint density at radius 2 is 2.12 bits per heavy atom. The number of hydrogen-bond acceptors (Lipinski definition) is 4. The van der Waals surface area contributed by atoms with E-state index >= 15 is 0 Å². The molecule has 0 fully saturated rings. The molecule has 5 heteroatoms. The first-order valence-electron chi connectivity index (χ1n) is 5.35. The fraction of sp³-hybridized carbons (Fsp3) is 0.417. The molecule has 0 spiro atoms. The van der Waals surface area contributed by atoms with Crippen molar-refractivity contribution in [1.29, 1.82) is 5.26 Å². The lowest BCUT2D eigenvalue weighted by Gasteiger charge is -2.10. The standard InChI is InChI=1S/C12H16N2O2S/c1-10-5-3-6-11(9-13)12(10)14-7-4-8-17(2,15)16/h3,5-6,14H,4,7-8H2,1-2H3. The Bertz CT molecular complexity index is 530. The maximum atomic E-state index is 11.0. The highest BCUT2D eigenvalue weighted by molar-refractivity contribution is 7.90. The van der Waals surface area contributed by atoms with Crippen LogP contribution >= 0.6 is 0 Å². The van der Waals surface area contributed by atoms with Gasteiger partial charge in [-0.3, -0.25) is 0 Å². The zero-order valence-corrected chi connectivity index (χ0v) is 10.8. The summed E-state index contributed by atoms with van der Waals surface area (Å²) in [6.45, 7) is 2.46. The van der Waals surface area contributed by atoms with Gasteiger partial charge in [-0.2, -0.15) is 5.26 Å². The third-order valence-electron chi connectivity index (χ3n) is 2.39. The van der Waals surface area contributed by atoms with Crippen LogP contribution in [0.4, 0.5) is 5.69 Å². The van der Waals surface area contributed by atoms with Crippen LogP contribution in [0.25, 0.3) is 0 Å². The van der Waals surface area contributed by atoms with Gasteiger partial charge in [0.1, 0.15) is 15.9 Å². The minimum Gasteiger partial charge on any atom is -0.384 e. The van der Waals surface area contributed by atoms with Crippen molar-refractivity contribution in [3.8, 4) is 6.07 Å². The molecule has 0 heterocycles. The van der Waals surface area contributed by atoms with Crippen molar-refractivity contribution in [2.24, 2.45) is 0 Å². The maximum Gasteiger partial charge on any atom is 0.147 e. The molecule has 0 aliphatic heterocycles. The summed E-state index contributed by atoms with van der Waals surface area (Å²) in [5, 5.41) is 12.1. The Balaban J connectivity index is 2.61. The largest absolute Gasteiger partial charge is 0.384 e. The van der Waals surface area contributed by atoms with Gasteiger partial charge >= 0.3 is 0 Å². The van der Waals surface area contributed by atoms with E-state index in [9.17, 15) is 8.42 Å². The van der Waals surface area contributed by atoms with Gasteiger partial charge in [0.05, 0.1) is 17.0 Å². The maximum absolute atomic E-state index is 11.0. The van der Waals surface area contributed by atoms with Crippen LogP contribution in [-0.2, 0) is 9.84 Å². The number of aryl methyl sites for hydroxylation is 1. The molecular weight excluding hydrogens is 236 g/mol. The van der Waals surface area contributed by atoms with E-state index in [1.54, 1.807) is 6.07 Å². The quantitative estimate of drug-likeness (QED) is 0.810. The Morgan fingerprint density at radius 1 is 1.41 bits per heavy atom. The highest BCUT2D eigenvalue weighted by Crippen LogP contribution is 2.19. The van der Waals surface area contributed by atoms with E-state index in [0.717, 1.165) is 11.3 Å². The Morgan fingerprint density at radius 3 is 2.71 bits per heavy atom. The molecular formula is C12H16N2O2S. The van der Waals surface area contributed by atoms with Crippen LogP contribution in [0.5, 0.6) is 0 Å². The third kappa shape index (κ3) is 4.45. The predicted octanol–water partition coefficient (Wildman–Crippen LogP) is 1.71. The molecule has 0 saturated carbocycles. The summed E-state index contributed by atoms with van der Waals surface area (Å²) >= 11 is 0. The van der Waals surface area contributed by atoms with Crippen LogP contribution in [0.3, 0.4) is 0 Å². The second-order valence-corrected chi connectivity index (χ2v) is 6.28. The van der Waals surface area contributed by atoms with Crippen molar-refractivity contribution in [1.82, 2.24) is 0 Å². The third-order valence-corrected chi connectivity index (χ3v) is 3.42. The van der Waals surface area contributed by atoms with Gasteiger partial charge in [-0.25, -0.2) is 8.42 Å². The van der Waals surface area contributed by atoms with E-state index < -0.39 is 9.84 Å². The Hall–Kier alpha value is -1.54. The number of rotatable bonds is 5. The van der Waals surface area contributed by atoms with Crippen molar-refractivity contribution in [3.05, 3.63) is 29.3 Å². The first-order valence-corrected chi connectivity index (χ1v) is 7.41. The lowest BCUT2D eigenvalue weighted by Crippen LogP contribution is -2.11. The van der Waals surface area contributed by atoms with Gasteiger partial charge in [0.15, 0.2) is 0 Å². The highest BCUT2D eigenvalue weighted by Gasteiger charge is 2.05. The molecule has 0 aromatic heterocycles. The van der Waals surface area contributed by atoms with E-state index in [2.05, 4.69) is 11.4 Å². The van der Waals surface area contributed by atoms with Gasteiger partial charge in [0.25, 0.3) is 0 Å². The molecule has 1 N–H and O–H groups in total. The molecule has 0 aliphatic carbocycles. The van der Waals surface area contributed by atoms with Gasteiger partial charge in [-0.1, -0.05) is 12.1 Å². The van der Waals surface area contributed by atoms with Crippen molar-refractivity contribution in [3.63, 3.8) is 0 Å². The number of nitrogens with one attached hydrogen (secondary N) is 1. The van der Waals surface area contributed by atoms with Crippen molar-refractivity contribution in [2.45, 2.75) is 13.3 Å². The summed E-state index contributed by atoms with van der Waals surface area (Å²) in [4.78, 5) is 0. The van der Waals surface area contributed by atoms with Gasteiger partial charge < -0.3 is 5.32 Å². The normalized spacial score (nSPS) is 10.9. The van der Waals surface area contributed by atoms with E-state index in [-0.39, 0.29) is 5.75 Å². The minimum absolute atomic E-state index is 0.160. The Kier molecular flexibility index (Phi) is 4.53. The van der Waals surface area contributed by atoms with Crippen molar-refractivity contribution in [2.75, 3.05) is 23.9 Å². The SMILES string of the molecule is Cc1cccc(C#N)c1NCCCS(C)(=O)=O. The van der Waals surface area contributed by atoms with E-state index in [0.29, 0.717) is 18.5 Å². The minimum atomic E-state index is -2.91. The van der Waals surface area contributed by atoms with Crippen LogP contribution in [0.15, 0.2) is 18.2 Å². The average molecular weight is 252 g/mol. The summed E-state index contributed by atoms with van der Waals surface area (Å²) in [6, 6.07) is 7.60. The highest BCUT2D eigenvalue weighted by atomic mass is 32.2. The molecule has 0 bridgehead atoms. The van der Waals surface area contributed by atoms with Crippen LogP contribution in [0.2, 0.25) is 0 Å². The fourth-order valence-electron chi connectivity index (χ4n) is 1.54. The second-order valence-electron chi connectivity index (χ2n) is 4.02. The van der Waals surface area contributed by atoms with Gasteiger partial charge in [0.2, 0.25) is 0 Å². The molecule has 0 aliphatic rings. The number of nitrogens with zero attached hydrogens (tertiary/aromatic N) is 1. The van der Waals surface area contributed by atoms with Crippen LogP contribution < -0.4 is 5.32 Å². The van der Waals surface area contributed by atoms with E-state index in [4.69, 9.17) is 5.26 Å². The van der Waals surface area contributed by atoms with Crippen LogP contribution in [0.1, 0.15) is 17.5 Å². The molecule has 1 aromatic rings. The van der Waals surface area contributed by atoms with Gasteiger partial charge in [0, 0.05) is 12.8 Å². The summed E-state index contributed by atoms with van der Waals surface area (Å²) in [5.74, 6) is 0.160. The average Bonchev–Trinajstić information content (AvgIpc) is 2.24. The molecule has 0 amide bonds. The lowest BCUT2D eigenvalue weighted by atomic mass is 10.1. The zero-order valence-electron chi connectivity index (χ0n) is 10.0. The molecule has 1 rings (SSSR count). The summed E-state index contributed by atoms with van der Waals surface area (Å²) in [7, 11) is -2.91. The first kappa shape index (κ1) is 13.5. The van der Waals surface area contributed by atoms with Crippen LogP contribution in [0, 0.1) is 18.3 Å². The number of benzene rings is 1. The van der Waals surface area contributed by atoms with E-state index in [1.165, 1.54) is 6.26 Å². The van der Waals surface area contributed by atoms with Crippen molar-refractivity contribution >= 4 is 15.5 Å². The topological polar surface area (TPSA) is 70.0 Å².